The van der Waals surface area contributed by atoms with Gasteiger partial charge in [0.05, 0.1) is 7.11 Å². The van der Waals surface area contributed by atoms with Gasteiger partial charge >= 0.3 is 0 Å². The van der Waals surface area contributed by atoms with E-state index in [1.807, 2.05) is 12.1 Å². The number of rotatable bonds is 8. The predicted octanol–water partition coefficient (Wildman–Crippen LogP) is 15.0. The summed E-state index contributed by atoms with van der Waals surface area (Å²) in [6.07, 6.45) is 4.52. The third kappa shape index (κ3) is 5.73. The van der Waals surface area contributed by atoms with Crippen LogP contribution in [0.25, 0.3) is 61.4 Å². The van der Waals surface area contributed by atoms with Gasteiger partial charge in [-0.25, -0.2) is 0 Å². The summed E-state index contributed by atoms with van der Waals surface area (Å²) in [7, 11) is 1.70. The molecule has 0 aromatic heterocycles. The van der Waals surface area contributed by atoms with Crippen molar-refractivity contribution in [1.29, 1.82) is 0 Å². The third-order valence-corrected chi connectivity index (χ3v) is 12.4. The maximum Gasteiger partial charge on any atom is 0.178 e. The zero-order chi connectivity index (χ0) is 40.2. The first-order valence-electron chi connectivity index (χ1n) is 20.5. The summed E-state index contributed by atoms with van der Waals surface area (Å²) < 4.78 is 13.2. The highest BCUT2D eigenvalue weighted by molar-refractivity contribution is 6.19. The van der Waals surface area contributed by atoms with Crippen LogP contribution < -0.4 is 14.4 Å². The average molecular weight is 772 g/mol. The molecule has 1 atom stereocenters. The Kier molecular flexibility index (Phi) is 8.49. The van der Waals surface area contributed by atoms with E-state index in [4.69, 9.17) is 9.47 Å². The topological polar surface area (TPSA) is 21.7 Å². The molecule has 0 spiro atoms. The normalized spacial score (nSPS) is 14.6. The second-order valence-electron chi connectivity index (χ2n) is 15.6. The number of anilines is 3. The number of methoxy groups -OCH3 is 1. The number of nitrogens with zero attached hydrogens (tertiary/aromatic N) is 1. The van der Waals surface area contributed by atoms with Gasteiger partial charge in [0.2, 0.25) is 0 Å². The van der Waals surface area contributed by atoms with Crippen LogP contribution in [0.15, 0.2) is 206 Å². The van der Waals surface area contributed by atoms with Crippen molar-refractivity contribution in [2.45, 2.75) is 12.5 Å². The smallest absolute Gasteiger partial charge is 0.178 e. The molecular weight excluding hydrogens is 731 g/mol. The molecule has 0 radical (unpaired) electrons. The van der Waals surface area contributed by atoms with Crippen molar-refractivity contribution < 1.29 is 9.47 Å². The number of fused-ring (bicyclic) bond motifs is 5. The molecule has 1 heterocycles. The van der Waals surface area contributed by atoms with Crippen molar-refractivity contribution in [2.24, 2.45) is 0 Å². The highest BCUT2D eigenvalue weighted by atomic mass is 16.5. The maximum atomic E-state index is 7.53. The molecule has 0 fully saturated rings. The van der Waals surface area contributed by atoms with Gasteiger partial charge in [0.25, 0.3) is 0 Å². The van der Waals surface area contributed by atoms with Gasteiger partial charge in [-0.05, 0) is 112 Å². The minimum Gasteiger partial charge on any atom is -0.497 e. The van der Waals surface area contributed by atoms with Crippen molar-refractivity contribution in [3.05, 3.63) is 229 Å². The Morgan fingerprint density at radius 1 is 0.467 bits per heavy atom. The quantitative estimate of drug-likeness (QED) is 0.154. The van der Waals surface area contributed by atoms with Crippen molar-refractivity contribution in [1.82, 2.24) is 0 Å². The van der Waals surface area contributed by atoms with E-state index in [2.05, 4.69) is 212 Å². The summed E-state index contributed by atoms with van der Waals surface area (Å²) in [6.45, 7) is 2.24. The van der Waals surface area contributed by atoms with Crippen LogP contribution >= 0.6 is 0 Å². The molecule has 0 amide bonds. The fourth-order valence-corrected chi connectivity index (χ4v) is 9.34. The lowest BCUT2D eigenvalue weighted by Gasteiger charge is -2.38. The Balaban J connectivity index is 1.04. The van der Waals surface area contributed by atoms with Crippen LogP contribution in [0, 0.1) is 6.92 Å². The van der Waals surface area contributed by atoms with E-state index in [0.29, 0.717) is 0 Å². The van der Waals surface area contributed by atoms with Gasteiger partial charge in [-0.1, -0.05) is 158 Å². The minimum atomic E-state index is -0.908. The first-order valence-corrected chi connectivity index (χ1v) is 20.5. The van der Waals surface area contributed by atoms with Gasteiger partial charge in [0, 0.05) is 44.5 Å². The lowest BCUT2D eigenvalue weighted by atomic mass is 9.82. The summed E-state index contributed by atoms with van der Waals surface area (Å²) in [5.74, 6) is 1.71. The van der Waals surface area contributed by atoms with Crippen LogP contribution in [-0.4, -0.2) is 7.11 Å². The highest BCUT2D eigenvalue weighted by Crippen LogP contribution is 2.55. The fourth-order valence-electron chi connectivity index (χ4n) is 9.34. The lowest BCUT2D eigenvalue weighted by Crippen LogP contribution is -2.34. The van der Waals surface area contributed by atoms with E-state index in [1.54, 1.807) is 7.11 Å². The van der Waals surface area contributed by atoms with Gasteiger partial charge < -0.3 is 14.4 Å². The minimum absolute atomic E-state index is 0.802. The molecule has 2 aliphatic rings. The molecule has 0 bridgehead atoms. The van der Waals surface area contributed by atoms with Gasteiger partial charge in [-0.3, -0.25) is 0 Å². The van der Waals surface area contributed by atoms with Gasteiger partial charge in [-0.15, -0.1) is 0 Å². The second-order valence-corrected chi connectivity index (χ2v) is 15.6. The number of benzene rings is 9. The monoisotopic (exact) mass is 771 g/mol. The van der Waals surface area contributed by atoms with Crippen molar-refractivity contribution >= 4 is 33.9 Å². The Morgan fingerprint density at radius 2 is 0.950 bits per heavy atom. The van der Waals surface area contributed by atoms with E-state index in [9.17, 15) is 0 Å². The predicted molar refractivity (Wildman–Crippen MR) is 249 cm³/mol. The maximum absolute atomic E-state index is 7.53. The van der Waals surface area contributed by atoms with Crippen LogP contribution in [0.1, 0.15) is 22.3 Å². The van der Waals surface area contributed by atoms with E-state index in [0.717, 1.165) is 50.6 Å². The van der Waals surface area contributed by atoms with E-state index >= 15 is 0 Å². The summed E-state index contributed by atoms with van der Waals surface area (Å²) >= 11 is 0. The highest BCUT2D eigenvalue weighted by Gasteiger charge is 2.40. The molecule has 9 aromatic carbocycles. The first kappa shape index (κ1) is 35.5. The molecular formula is C57H41NO2. The Hall–Kier alpha value is -7.62. The molecule has 1 aliphatic heterocycles. The van der Waals surface area contributed by atoms with Gasteiger partial charge in [0.1, 0.15) is 11.5 Å². The number of hydrogen-bond acceptors (Lipinski definition) is 3. The first-order chi connectivity index (χ1) is 29.6. The summed E-state index contributed by atoms with van der Waals surface area (Å²) in [6, 6.07) is 71.3. The standard InChI is InChI=1S/C57H41NO2/c1-38-49-36-37-57(44-26-34-48(59-2)35-27-44,60-56(49)53-19-11-18-52-50-16-9-10-17-51(50)54(38)55(52)53)43-24-32-47(33-25-43)58(45-28-20-41(21-29-45)39-12-5-3-6-13-39)46-30-22-42(23-31-46)40-14-7-4-8-15-40/h3-37H,1-2H3. The van der Waals surface area contributed by atoms with E-state index in [-0.39, 0.29) is 0 Å². The molecule has 11 rings (SSSR count). The zero-order valence-electron chi connectivity index (χ0n) is 33.5. The van der Waals surface area contributed by atoms with Crippen molar-refractivity contribution in [3.8, 4) is 56.0 Å². The zero-order valence-corrected chi connectivity index (χ0v) is 33.5. The molecule has 3 nitrogen and oxygen atoms in total. The Labute approximate surface area is 351 Å². The Bertz CT molecular complexity index is 2980. The molecule has 3 heteroatoms. The van der Waals surface area contributed by atoms with E-state index < -0.39 is 5.60 Å². The van der Waals surface area contributed by atoms with Crippen molar-refractivity contribution in [3.63, 3.8) is 0 Å². The number of hydrogen-bond donors (Lipinski definition) is 0. The molecule has 9 aromatic rings. The lowest BCUT2D eigenvalue weighted by molar-refractivity contribution is 0.163. The van der Waals surface area contributed by atoms with Crippen LogP contribution in [0.5, 0.6) is 11.5 Å². The van der Waals surface area contributed by atoms with E-state index in [1.165, 1.54) is 55.5 Å². The van der Waals surface area contributed by atoms with Crippen LogP contribution in [0.2, 0.25) is 0 Å². The average Bonchev–Trinajstić information content (AvgIpc) is 3.67. The van der Waals surface area contributed by atoms with Gasteiger partial charge in [-0.2, -0.15) is 0 Å². The molecule has 1 aliphatic carbocycles. The third-order valence-electron chi connectivity index (χ3n) is 12.4. The second kappa shape index (κ2) is 14.3. The largest absolute Gasteiger partial charge is 0.497 e. The van der Waals surface area contributed by atoms with Gasteiger partial charge in [0.15, 0.2) is 5.60 Å². The van der Waals surface area contributed by atoms with Crippen LogP contribution in [-0.2, 0) is 5.60 Å². The molecule has 0 N–H and O–H groups in total. The van der Waals surface area contributed by atoms with Crippen LogP contribution in [0.4, 0.5) is 17.1 Å². The Morgan fingerprint density at radius 3 is 1.52 bits per heavy atom. The van der Waals surface area contributed by atoms with Crippen LogP contribution in [0.3, 0.4) is 0 Å². The summed E-state index contributed by atoms with van der Waals surface area (Å²) in [4.78, 5) is 2.33. The summed E-state index contributed by atoms with van der Waals surface area (Å²) in [5, 5.41) is 2.39. The molecule has 0 saturated carbocycles. The fraction of sp³-hybridized carbons (Fsp3) is 0.0526. The number of ether oxygens (including phenoxy) is 2. The van der Waals surface area contributed by atoms with Crippen molar-refractivity contribution in [2.75, 3.05) is 12.0 Å². The SMILES string of the molecule is COc1ccc(C2(c3ccc(N(c4ccc(-c5ccccc5)cc4)c4ccc(-c5ccccc5)cc4)cc3)C=Cc3c(C)c4c5c(cccc5c3O2)-c2ccccc2-4)cc1. The molecule has 286 valence electrons. The molecule has 0 saturated heterocycles. The molecule has 60 heavy (non-hydrogen) atoms. The summed E-state index contributed by atoms with van der Waals surface area (Å²) in [5.41, 5.74) is 16.6. The molecule has 1 unspecified atom stereocenters.